The molecule has 0 radical (unpaired) electrons. The minimum atomic E-state index is -1.05. The Morgan fingerprint density at radius 1 is 0.947 bits per heavy atom. The van der Waals surface area contributed by atoms with Gasteiger partial charge in [0.15, 0.2) is 0 Å². The van der Waals surface area contributed by atoms with Crippen molar-refractivity contribution in [3.63, 3.8) is 0 Å². The predicted molar refractivity (Wildman–Crippen MR) is 88.9 cm³/mol. The lowest BCUT2D eigenvalue weighted by Gasteiger charge is -2.14. The molecule has 0 atom stereocenters. The van der Waals surface area contributed by atoms with E-state index in [0.29, 0.717) is 6.42 Å². The number of amides is 2. The molecule has 0 aromatic rings. The van der Waals surface area contributed by atoms with Gasteiger partial charge in [-0.05, 0) is 6.04 Å². The molecule has 0 aromatic heterocycles. The second-order valence-corrected chi connectivity index (χ2v) is 18.3. The highest BCUT2D eigenvalue weighted by Gasteiger charge is 2.14. The van der Waals surface area contributed by atoms with Gasteiger partial charge >= 0.3 is 0 Å². The largest absolute Gasteiger partial charge is 0.359 e. The van der Waals surface area contributed by atoms with Gasteiger partial charge in [0, 0.05) is 34.6 Å². The summed E-state index contributed by atoms with van der Waals surface area (Å²) in [7, 11) is -0.362. The van der Waals surface area contributed by atoms with Crippen LogP contribution < -0.4 is 10.6 Å². The van der Waals surface area contributed by atoms with E-state index in [1.165, 1.54) is 0 Å². The molecule has 0 aliphatic carbocycles. The number of hydrogen-bond acceptors (Lipinski definition) is 2. The normalized spacial score (nSPS) is 11.2. The zero-order valence-corrected chi connectivity index (χ0v) is 15.9. The Labute approximate surface area is 120 Å². The molecule has 19 heavy (non-hydrogen) atoms. The highest BCUT2D eigenvalue weighted by molar-refractivity contribution is 6.76. The summed E-state index contributed by atoms with van der Waals surface area (Å²) in [6, 6.07) is 1.09. The van der Waals surface area contributed by atoms with Crippen LogP contribution in [-0.4, -0.2) is 41.2 Å². The average Bonchev–Trinajstić information content (AvgIpc) is 2.22. The van der Waals surface area contributed by atoms with Crippen LogP contribution >= 0.6 is 0 Å². The summed E-state index contributed by atoms with van der Waals surface area (Å²) in [5.41, 5.74) is 0. The molecular formula is C13H32N2O2Si2. The first-order valence-corrected chi connectivity index (χ1v) is 14.2. The fourth-order valence-corrected chi connectivity index (χ4v) is 2.76. The van der Waals surface area contributed by atoms with E-state index in [2.05, 4.69) is 49.9 Å². The first kappa shape index (κ1) is 20.7. The van der Waals surface area contributed by atoms with E-state index in [1.807, 2.05) is 0 Å². The molecule has 4 nitrogen and oxygen atoms in total. The number of carbonyl (C=O) groups excluding carboxylic acids is 2. The summed E-state index contributed by atoms with van der Waals surface area (Å²) in [4.78, 5) is 21.2. The Balaban J connectivity index is 0. The lowest BCUT2D eigenvalue weighted by molar-refractivity contribution is -0.120. The highest BCUT2D eigenvalue weighted by atomic mass is 28.3. The third kappa shape index (κ3) is 23.0. The molecule has 0 heterocycles. The topological polar surface area (TPSA) is 58.2 Å². The van der Waals surface area contributed by atoms with Gasteiger partial charge in [0.05, 0.1) is 8.07 Å². The Bertz CT molecular complexity index is 281. The van der Waals surface area contributed by atoms with Crippen molar-refractivity contribution in [2.45, 2.75) is 58.7 Å². The van der Waals surface area contributed by atoms with E-state index in [-0.39, 0.29) is 11.8 Å². The fraction of sp³-hybridized carbons (Fsp3) is 0.846. The summed E-state index contributed by atoms with van der Waals surface area (Å²) in [6.45, 7) is 15.1. The quantitative estimate of drug-likeness (QED) is 0.767. The molecule has 2 N–H and O–H groups in total. The van der Waals surface area contributed by atoms with Crippen molar-refractivity contribution < 1.29 is 9.59 Å². The molecule has 0 bridgehead atoms. The van der Waals surface area contributed by atoms with Crippen LogP contribution in [0.3, 0.4) is 0 Å². The minimum Gasteiger partial charge on any atom is -0.359 e. The predicted octanol–water partition coefficient (Wildman–Crippen LogP) is 2.46. The second kappa shape index (κ2) is 9.30. The maximum atomic E-state index is 10.8. The Kier molecular flexibility index (Phi) is 10.1. The van der Waals surface area contributed by atoms with E-state index in [0.717, 1.165) is 12.2 Å². The molecule has 0 rings (SSSR count). The summed E-state index contributed by atoms with van der Waals surface area (Å²) in [5.74, 6) is 0.250. The second-order valence-electron chi connectivity index (χ2n) is 7.20. The van der Waals surface area contributed by atoms with Crippen molar-refractivity contribution >= 4 is 28.0 Å². The number of hydrogen-bond donors (Lipinski definition) is 2. The first-order valence-electron chi connectivity index (χ1n) is 6.82. The van der Waals surface area contributed by atoms with Crippen LogP contribution in [0.4, 0.5) is 0 Å². The third-order valence-electron chi connectivity index (χ3n) is 2.25. The molecule has 114 valence electrons. The molecule has 2 amide bonds. The standard InChI is InChI=1S/C7H17NOSi.C6H15NOSi/c1-8-7(9)5-6-10(2,3)4;1-6(8)7-5-9(2,3)4/h5-6H2,1-4H3,(H,8,9);5H2,1-4H3,(H,7,8). The van der Waals surface area contributed by atoms with Gasteiger partial charge in [-0.2, -0.15) is 0 Å². The van der Waals surface area contributed by atoms with Gasteiger partial charge in [-0.3, -0.25) is 9.59 Å². The van der Waals surface area contributed by atoms with Crippen molar-refractivity contribution in [1.82, 2.24) is 10.6 Å². The molecule has 0 spiro atoms. The van der Waals surface area contributed by atoms with Crippen molar-refractivity contribution in [2.24, 2.45) is 0 Å². The van der Waals surface area contributed by atoms with E-state index in [9.17, 15) is 9.59 Å². The van der Waals surface area contributed by atoms with Crippen LogP contribution in [0.25, 0.3) is 0 Å². The van der Waals surface area contributed by atoms with Crippen molar-refractivity contribution in [2.75, 3.05) is 13.2 Å². The van der Waals surface area contributed by atoms with Gasteiger partial charge in [-0.15, -0.1) is 0 Å². The van der Waals surface area contributed by atoms with E-state index in [4.69, 9.17) is 0 Å². The average molecular weight is 305 g/mol. The number of nitrogens with one attached hydrogen (secondary N) is 2. The van der Waals surface area contributed by atoms with Crippen LogP contribution in [0.5, 0.6) is 0 Å². The lowest BCUT2D eigenvalue weighted by atomic mass is 10.5. The molecule has 0 saturated carbocycles. The molecule has 0 fully saturated rings. The van der Waals surface area contributed by atoms with Crippen LogP contribution in [0, 0.1) is 0 Å². The SMILES string of the molecule is CC(=O)NC[Si](C)(C)C.CNC(=O)CC[Si](C)(C)C. The van der Waals surface area contributed by atoms with Crippen molar-refractivity contribution in [3.05, 3.63) is 0 Å². The van der Waals surface area contributed by atoms with Crippen LogP contribution in [0.1, 0.15) is 13.3 Å². The third-order valence-corrected chi connectivity index (χ3v) is 5.24. The minimum absolute atomic E-state index is 0.0809. The molecule has 0 aliphatic heterocycles. The first-order chi connectivity index (χ1) is 8.37. The zero-order chi connectivity index (χ0) is 15.7. The van der Waals surface area contributed by atoms with Crippen LogP contribution in [-0.2, 0) is 9.59 Å². The fourth-order valence-electron chi connectivity index (χ4n) is 1.00. The lowest BCUT2D eigenvalue weighted by Crippen LogP contribution is -2.38. The van der Waals surface area contributed by atoms with Gasteiger partial charge in [0.2, 0.25) is 11.8 Å². The molecule has 0 saturated heterocycles. The van der Waals surface area contributed by atoms with Gasteiger partial charge in [-0.1, -0.05) is 39.3 Å². The number of rotatable bonds is 5. The molecular weight excluding hydrogens is 272 g/mol. The van der Waals surface area contributed by atoms with E-state index < -0.39 is 16.1 Å². The Morgan fingerprint density at radius 3 is 1.63 bits per heavy atom. The smallest absolute Gasteiger partial charge is 0.219 e. The van der Waals surface area contributed by atoms with Crippen LogP contribution in [0.2, 0.25) is 45.3 Å². The Hall–Kier alpha value is -0.626. The zero-order valence-electron chi connectivity index (χ0n) is 13.9. The summed E-state index contributed by atoms with van der Waals surface area (Å²) in [5, 5.41) is 5.43. The van der Waals surface area contributed by atoms with E-state index in [1.54, 1.807) is 14.0 Å². The molecule has 6 heteroatoms. The van der Waals surface area contributed by atoms with Gasteiger partial charge in [-0.25, -0.2) is 0 Å². The summed E-state index contributed by atoms with van der Waals surface area (Å²) < 4.78 is 0. The maximum Gasteiger partial charge on any atom is 0.219 e. The number of carbonyl (C=O) groups is 2. The van der Waals surface area contributed by atoms with Crippen molar-refractivity contribution in [1.29, 1.82) is 0 Å². The monoisotopic (exact) mass is 304 g/mol. The molecule has 0 aliphatic rings. The Morgan fingerprint density at radius 2 is 1.42 bits per heavy atom. The van der Waals surface area contributed by atoms with Crippen molar-refractivity contribution in [3.8, 4) is 0 Å². The van der Waals surface area contributed by atoms with Gasteiger partial charge in [0.25, 0.3) is 0 Å². The van der Waals surface area contributed by atoms with Crippen LogP contribution in [0.15, 0.2) is 0 Å². The maximum absolute atomic E-state index is 10.8. The highest BCUT2D eigenvalue weighted by Crippen LogP contribution is 2.10. The summed E-state index contributed by atoms with van der Waals surface area (Å²) >= 11 is 0. The van der Waals surface area contributed by atoms with Gasteiger partial charge in [0.1, 0.15) is 0 Å². The summed E-state index contributed by atoms with van der Waals surface area (Å²) in [6.07, 6.45) is 1.59. The molecule has 0 unspecified atom stereocenters. The van der Waals surface area contributed by atoms with E-state index >= 15 is 0 Å². The molecule has 0 aromatic carbocycles. The van der Waals surface area contributed by atoms with Gasteiger partial charge < -0.3 is 10.6 Å².